The van der Waals surface area contributed by atoms with Gasteiger partial charge in [0, 0.05) is 41.5 Å². The molecule has 0 amide bonds. The summed E-state index contributed by atoms with van der Waals surface area (Å²) < 4.78 is 6.53. The molecule has 3 heterocycles. The Labute approximate surface area is 195 Å². The molecular formula is C27H33N3O3. The first-order chi connectivity index (χ1) is 16.3. The number of hydrogen-bond donors (Lipinski definition) is 2. The van der Waals surface area contributed by atoms with Crippen LogP contribution < -0.4 is 0 Å². The number of oxime groups is 1. The number of fused-ring (bicyclic) bond motifs is 1. The molecule has 0 atom stereocenters. The van der Waals surface area contributed by atoms with Gasteiger partial charge in [0.2, 0.25) is 0 Å². The van der Waals surface area contributed by atoms with Crippen molar-refractivity contribution in [1.29, 1.82) is 0 Å². The lowest BCUT2D eigenvalue weighted by molar-refractivity contribution is 0.159. The van der Waals surface area contributed by atoms with E-state index in [-0.39, 0.29) is 6.61 Å². The second kappa shape index (κ2) is 10.8. The van der Waals surface area contributed by atoms with E-state index in [9.17, 15) is 10.3 Å². The fourth-order valence-electron chi connectivity index (χ4n) is 4.87. The van der Waals surface area contributed by atoms with Crippen LogP contribution in [0.5, 0.6) is 0 Å². The molecule has 0 saturated carbocycles. The lowest BCUT2D eigenvalue weighted by Crippen LogP contribution is -2.34. The van der Waals surface area contributed by atoms with Crippen LogP contribution in [0, 0.1) is 0 Å². The lowest BCUT2D eigenvalue weighted by Gasteiger charge is -2.30. The van der Waals surface area contributed by atoms with Gasteiger partial charge < -0.3 is 19.6 Å². The number of aryl methyl sites for hydroxylation is 1. The molecule has 0 unspecified atom stereocenters. The highest BCUT2D eigenvalue weighted by molar-refractivity contribution is 6.04. The minimum absolute atomic E-state index is 0.211. The fraction of sp³-hybridized carbons (Fsp3) is 0.407. The number of furan rings is 1. The molecule has 6 heteroatoms. The molecule has 0 spiro atoms. The number of β-amino-alcohol motifs (C(OH)–C–C–N with tert-alkyl or cyclic N) is 1. The van der Waals surface area contributed by atoms with Gasteiger partial charge in [-0.1, -0.05) is 31.1 Å². The van der Waals surface area contributed by atoms with Gasteiger partial charge in [0.25, 0.3) is 0 Å². The monoisotopic (exact) mass is 447 g/mol. The first-order valence-electron chi connectivity index (χ1n) is 12.0. The summed E-state index contributed by atoms with van der Waals surface area (Å²) in [7, 11) is 0. The Morgan fingerprint density at radius 1 is 1.00 bits per heavy atom. The number of aromatic nitrogens is 1. The number of piperidine rings is 1. The van der Waals surface area contributed by atoms with Gasteiger partial charge in [-0.2, -0.15) is 0 Å². The van der Waals surface area contributed by atoms with Gasteiger partial charge in [0.1, 0.15) is 11.5 Å². The van der Waals surface area contributed by atoms with E-state index in [4.69, 9.17) is 4.42 Å². The van der Waals surface area contributed by atoms with E-state index in [0.717, 1.165) is 84.8 Å². The Balaban J connectivity index is 0.00000126. The van der Waals surface area contributed by atoms with Gasteiger partial charge in [-0.3, -0.25) is 4.98 Å². The fourth-order valence-corrected chi connectivity index (χ4v) is 4.87. The van der Waals surface area contributed by atoms with Crippen LogP contribution in [-0.4, -0.2) is 52.2 Å². The predicted octanol–water partition coefficient (Wildman–Crippen LogP) is 5.33. The van der Waals surface area contributed by atoms with Crippen molar-refractivity contribution in [2.45, 2.75) is 45.4 Å². The zero-order valence-electron chi connectivity index (χ0n) is 19.5. The normalized spacial score (nSPS) is 17.6. The van der Waals surface area contributed by atoms with E-state index in [2.05, 4.69) is 33.2 Å². The van der Waals surface area contributed by atoms with Crippen LogP contribution >= 0.6 is 0 Å². The maximum atomic E-state index is 9.24. The van der Waals surface area contributed by atoms with Crippen molar-refractivity contribution in [1.82, 2.24) is 9.88 Å². The molecule has 1 aliphatic heterocycles. The number of pyridine rings is 1. The van der Waals surface area contributed by atoms with Crippen LogP contribution in [-0.2, 0) is 6.42 Å². The summed E-state index contributed by atoms with van der Waals surface area (Å²) in [4.78, 5) is 6.48. The van der Waals surface area contributed by atoms with Crippen molar-refractivity contribution in [3.05, 3.63) is 65.7 Å². The van der Waals surface area contributed by atoms with Crippen molar-refractivity contribution in [2.24, 2.45) is 5.16 Å². The van der Waals surface area contributed by atoms with E-state index < -0.39 is 0 Å². The molecule has 0 bridgehead atoms. The maximum absolute atomic E-state index is 9.24. The molecule has 1 aromatic carbocycles. The Bertz CT molecular complexity index is 1080. The van der Waals surface area contributed by atoms with Gasteiger partial charge in [0.15, 0.2) is 0 Å². The number of likely N-dealkylation sites (tertiary alicyclic amines) is 1. The van der Waals surface area contributed by atoms with E-state index in [1.165, 1.54) is 5.56 Å². The van der Waals surface area contributed by atoms with Crippen molar-refractivity contribution in [3.63, 3.8) is 0 Å². The smallest absolute Gasteiger partial charge is 0.142 e. The van der Waals surface area contributed by atoms with Gasteiger partial charge in [0.05, 0.1) is 12.3 Å². The molecular weight excluding hydrogens is 414 g/mol. The van der Waals surface area contributed by atoms with Crippen LogP contribution in [0.15, 0.2) is 58.4 Å². The SMILES string of the molecule is CC.OCCN1CCC(c2cc(-c3ccncc3)c(-c3ccc4c(c3)CC/C4=N\O)o2)CC1. The van der Waals surface area contributed by atoms with Crippen molar-refractivity contribution >= 4 is 5.71 Å². The van der Waals surface area contributed by atoms with Crippen LogP contribution in [0.3, 0.4) is 0 Å². The maximum Gasteiger partial charge on any atom is 0.142 e. The average molecular weight is 448 g/mol. The summed E-state index contributed by atoms with van der Waals surface area (Å²) in [5.74, 6) is 2.30. The van der Waals surface area contributed by atoms with Crippen LogP contribution in [0.1, 0.15) is 55.9 Å². The van der Waals surface area contributed by atoms with Crippen molar-refractivity contribution < 1.29 is 14.7 Å². The van der Waals surface area contributed by atoms with E-state index in [1.54, 1.807) is 0 Å². The summed E-state index contributed by atoms with van der Waals surface area (Å²) in [5, 5.41) is 21.9. The van der Waals surface area contributed by atoms with E-state index >= 15 is 0 Å². The highest BCUT2D eigenvalue weighted by atomic mass is 16.4. The van der Waals surface area contributed by atoms with Crippen LogP contribution in [0.4, 0.5) is 0 Å². The largest absolute Gasteiger partial charge is 0.460 e. The first-order valence-corrected chi connectivity index (χ1v) is 12.0. The molecule has 2 N–H and O–H groups in total. The minimum Gasteiger partial charge on any atom is -0.460 e. The third kappa shape index (κ3) is 4.87. The van der Waals surface area contributed by atoms with Gasteiger partial charge in [-0.05, 0) is 74.2 Å². The number of aliphatic hydroxyl groups is 1. The molecule has 6 nitrogen and oxygen atoms in total. The zero-order valence-corrected chi connectivity index (χ0v) is 19.5. The number of benzene rings is 1. The lowest BCUT2D eigenvalue weighted by atomic mass is 9.93. The summed E-state index contributed by atoms with van der Waals surface area (Å²) in [6.45, 7) is 6.91. The zero-order chi connectivity index (χ0) is 23.2. The van der Waals surface area contributed by atoms with Crippen LogP contribution in [0.2, 0.25) is 0 Å². The minimum atomic E-state index is 0.211. The molecule has 0 radical (unpaired) electrons. The average Bonchev–Trinajstić information content (AvgIpc) is 3.51. The topological polar surface area (TPSA) is 82.1 Å². The van der Waals surface area contributed by atoms with E-state index in [1.807, 2.05) is 44.4 Å². The Kier molecular flexibility index (Phi) is 7.57. The quantitative estimate of drug-likeness (QED) is 0.408. The van der Waals surface area contributed by atoms with Crippen LogP contribution in [0.25, 0.3) is 22.5 Å². The van der Waals surface area contributed by atoms with Crippen molar-refractivity contribution in [3.8, 4) is 22.5 Å². The van der Waals surface area contributed by atoms with E-state index in [0.29, 0.717) is 5.92 Å². The molecule has 5 rings (SSSR count). The third-order valence-corrected chi connectivity index (χ3v) is 6.58. The number of hydrogen-bond acceptors (Lipinski definition) is 6. The summed E-state index contributed by atoms with van der Waals surface area (Å²) >= 11 is 0. The predicted molar refractivity (Wildman–Crippen MR) is 131 cm³/mol. The molecule has 2 aliphatic rings. The number of rotatable bonds is 5. The highest BCUT2D eigenvalue weighted by Gasteiger charge is 2.26. The Hall–Kier alpha value is -2.96. The molecule has 1 fully saturated rings. The molecule has 1 saturated heterocycles. The molecule has 3 aromatic rings. The summed E-state index contributed by atoms with van der Waals surface area (Å²) in [6.07, 6.45) is 7.33. The highest BCUT2D eigenvalue weighted by Crippen LogP contribution is 2.41. The standard InChI is InChI=1S/C25H27N3O3.C2H6/c29-14-13-28-11-7-18(8-12-28)24-16-22(17-5-9-26-10-6-17)25(31-24)20-1-3-21-19(15-20)2-4-23(21)27-30;1-2/h1,3,5-6,9-10,15-16,18,29-30H,2,4,7-8,11-14H2;1-2H3/b27-23+;. The second-order valence-corrected chi connectivity index (χ2v) is 8.39. The molecule has 174 valence electrons. The first kappa shape index (κ1) is 23.2. The summed E-state index contributed by atoms with van der Waals surface area (Å²) in [6, 6.07) is 12.5. The van der Waals surface area contributed by atoms with Gasteiger partial charge in [-0.25, -0.2) is 0 Å². The summed E-state index contributed by atoms with van der Waals surface area (Å²) in [5.41, 5.74) is 6.21. The number of aliphatic hydroxyl groups excluding tert-OH is 1. The number of nitrogens with zero attached hydrogens (tertiary/aromatic N) is 3. The Morgan fingerprint density at radius 3 is 2.45 bits per heavy atom. The van der Waals surface area contributed by atoms with Gasteiger partial charge >= 0.3 is 0 Å². The molecule has 2 aromatic heterocycles. The Morgan fingerprint density at radius 2 is 1.76 bits per heavy atom. The van der Waals surface area contributed by atoms with Crippen molar-refractivity contribution in [2.75, 3.05) is 26.2 Å². The third-order valence-electron chi connectivity index (χ3n) is 6.58. The molecule has 33 heavy (non-hydrogen) atoms. The molecule has 1 aliphatic carbocycles. The van der Waals surface area contributed by atoms with Gasteiger partial charge in [-0.15, -0.1) is 0 Å². The second-order valence-electron chi connectivity index (χ2n) is 8.39.